The van der Waals surface area contributed by atoms with Crippen molar-refractivity contribution in [3.05, 3.63) is 45.9 Å². The molecule has 12 heteroatoms. The van der Waals surface area contributed by atoms with E-state index in [0.717, 1.165) is 0 Å². The minimum atomic E-state index is -2.72. The first-order chi connectivity index (χ1) is 18.8. The van der Waals surface area contributed by atoms with Crippen LogP contribution in [0.3, 0.4) is 0 Å². The SMILES string of the molecule is CN(C)c1ccc(OC(=O)OC(C)(C)C)c2c1C[C@@]1(C)C[C@H]3[C@H](N(C)C)C(O)=C(C(N)=O)C(=O)[C@@]3(O)C(O)=C1C2=O. The average molecular weight is 572 g/mol. The number of carbonyl (C=O) groups excluding carboxylic acids is 4. The summed E-state index contributed by atoms with van der Waals surface area (Å²) < 4.78 is 10.7. The van der Waals surface area contributed by atoms with Gasteiger partial charge in [-0.05, 0) is 65.4 Å². The van der Waals surface area contributed by atoms with Crippen molar-refractivity contribution in [3.63, 3.8) is 0 Å². The molecule has 0 fully saturated rings. The molecule has 0 spiro atoms. The Morgan fingerprint density at radius 3 is 2.22 bits per heavy atom. The molecule has 1 amide bonds. The van der Waals surface area contributed by atoms with Crippen LogP contribution < -0.4 is 15.4 Å². The van der Waals surface area contributed by atoms with Gasteiger partial charge in [-0.15, -0.1) is 0 Å². The first-order valence-electron chi connectivity index (χ1n) is 13.2. The standard InChI is InChI=1S/C29H37N3O9/c1-27(2,3)41-26(38)40-16-10-9-15(31(5)6)13-11-28(4)12-14-20(32(7)8)22(34)18(25(30)37)23(35)29(14,39)24(36)19(28)21(33)17(13)16/h9-10,14,20,34,36,39H,11-12H2,1-8H3,(H2,30,37)/t14-,20-,28-,29+/m0/s1. The molecule has 5 N–H and O–H groups in total. The fourth-order valence-electron chi connectivity index (χ4n) is 6.46. The smallest absolute Gasteiger partial charge is 0.510 e. The number of hydrogen-bond acceptors (Lipinski definition) is 11. The van der Waals surface area contributed by atoms with Crippen molar-refractivity contribution in [1.29, 1.82) is 0 Å². The molecule has 4 atom stereocenters. The molecular weight excluding hydrogens is 534 g/mol. The van der Waals surface area contributed by atoms with Crippen molar-refractivity contribution in [2.45, 2.75) is 57.8 Å². The molecule has 0 saturated heterocycles. The van der Waals surface area contributed by atoms with Crippen molar-refractivity contribution in [1.82, 2.24) is 4.90 Å². The summed E-state index contributed by atoms with van der Waals surface area (Å²) in [7, 11) is 6.74. The summed E-state index contributed by atoms with van der Waals surface area (Å²) >= 11 is 0. The fourth-order valence-corrected chi connectivity index (χ4v) is 6.46. The highest BCUT2D eigenvalue weighted by atomic mass is 16.7. The highest BCUT2D eigenvalue weighted by Gasteiger charge is 2.65. The Balaban J connectivity index is 1.97. The van der Waals surface area contributed by atoms with Crippen molar-refractivity contribution < 1.29 is 44.0 Å². The van der Waals surface area contributed by atoms with Crippen LogP contribution in [0.15, 0.2) is 34.8 Å². The molecular formula is C29H37N3O9. The van der Waals surface area contributed by atoms with Gasteiger partial charge in [-0.25, -0.2) is 4.79 Å². The number of Topliss-reactive ketones (excluding diaryl/α,β-unsaturated/α-hetero) is 2. The molecule has 0 saturated carbocycles. The molecule has 3 aliphatic rings. The Labute approximate surface area is 238 Å². The number of carbonyl (C=O) groups is 4. The van der Waals surface area contributed by atoms with Crippen molar-refractivity contribution in [2.75, 3.05) is 33.1 Å². The van der Waals surface area contributed by atoms with E-state index in [1.54, 1.807) is 66.9 Å². The third kappa shape index (κ3) is 4.55. The number of anilines is 1. The zero-order valence-electron chi connectivity index (χ0n) is 24.5. The number of nitrogens with two attached hydrogens (primary N) is 1. The molecule has 0 unspecified atom stereocenters. The van der Waals surface area contributed by atoms with Gasteiger partial charge in [-0.2, -0.15) is 0 Å². The van der Waals surface area contributed by atoms with Gasteiger partial charge in [0, 0.05) is 36.7 Å². The first-order valence-corrected chi connectivity index (χ1v) is 13.2. The number of rotatable bonds is 4. The van der Waals surface area contributed by atoms with E-state index in [4.69, 9.17) is 15.2 Å². The molecule has 0 heterocycles. The van der Waals surface area contributed by atoms with Crippen LogP contribution in [-0.2, 0) is 20.7 Å². The predicted molar refractivity (Wildman–Crippen MR) is 148 cm³/mol. The second kappa shape index (κ2) is 9.59. The summed E-state index contributed by atoms with van der Waals surface area (Å²) in [5.74, 6) is -6.10. The number of benzene rings is 1. The molecule has 0 radical (unpaired) electrons. The van der Waals surface area contributed by atoms with E-state index in [-0.39, 0.29) is 29.7 Å². The van der Waals surface area contributed by atoms with Gasteiger partial charge in [-0.1, -0.05) is 6.92 Å². The van der Waals surface area contributed by atoms with Crippen LogP contribution in [0.5, 0.6) is 5.75 Å². The number of allylic oxidation sites excluding steroid dienone is 1. The van der Waals surface area contributed by atoms with Gasteiger partial charge >= 0.3 is 6.16 Å². The fraction of sp³-hybridized carbons (Fsp3) is 0.517. The number of primary amides is 1. The Morgan fingerprint density at radius 2 is 1.71 bits per heavy atom. The molecule has 4 rings (SSSR count). The van der Waals surface area contributed by atoms with Crippen molar-refractivity contribution >= 4 is 29.3 Å². The number of amides is 1. The molecule has 1 aromatic rings. The van der Waals surface area contributed by atoms with Crippen LogP contribution in [0.1, 0.15) is 50.0 Å². The van der Waals surface area contributed by atoms with E-state index in [0.29, 0.717) is 11.3 Å². The number of ether oxygens (including phenoxy) is 2. The Hall–Kier alpha value is -3.90. The molecule has 0 aromatic heterocycles. The third-order valence-corrected chi connectivity index (χ3v) is 8.04. The molecule has 1 aromatic carbocycles. The lowest BCUT2D eigenvalue weighted by molar-refractivity contribution is -0.150. The molecule has 12 nitrogen and oxygen atoms in total. The van der Waals surface area contributed by atoms with Crippen LogP contribution in [0, 0.1) is 11.3 Å². The summed E-state index contributed by atoms with van der Waals surface area (Å²) in [6, 6.07) is 2.06. The molecule has 222 valence electrons. The van der Waals surface area contributed by atoms with Gasteiger partial charge in [-0.3, -0.25) is 19.3 Å². The van der Waals surface area contributed by atoms with E-state index in [9.17, 15) is 34.5 Å². The van der Waals surface area contributed by atoms with E-state index < -0.39 is 69.3 Å². The monoisotopic (exact) mass is 571 g/mol. The Kier molecular flexibility index (Phi) is 7.03. The van der Waals surface area contributed by atoms with Crippen molar-refractivity contribution in [2.24, 2.45) is 17.1 Å². The highest BCUT2D eigenvalue weighted by molar-refractivity contribution is 6.25. The van der Waals surface area contributed by atoms with E-state index in [1.807, 2.05) is 0 Å². The lowest BCUT2D eigenvalue weighted by Gasteiger charge is -2.53. The van der Waals surface area contributed by atoms with Gasteiger partial charge in [0.15, 0.2) is 11.4 Å². The van der Waals surface area contributed by atoms with E-state index in [2.05, 4.69) is 0 Å². The lowest BCUT2D eigenvalue weighted by Crippen LogP contribution is -2.65. The highest BCUT2D eigenvalue weighted by Crippen LogP contribution is 2.58. The van der Waals surface area contributed by atoms with Gasteiger partial charge < -0.3 is 35.4 Å². The Morgan fingerprint density at radius 1 is 1.10 bits per heavy atom. The Bertz CT molecular complexity index is 1440. The number of likely N-dealkylation sites (N-methyl/N-ethyl adjacent to an activating group) is 1. The number of ketones is 2. The maximum atomic E-state index is 14.3. The van der Waals surface area contributed by atoms with Crippen LogP contribution >= 0.6 is 0 Å². The van der Waals surface area contributed by atoms with E-state index >= 15 is 0 Å². The average Bonchev–Trinajstić information content (AvgIpc) is 2.79. The molecule has 3 aliphatic carbocycles. The maximum absolute atomic E-state index is 14.3. The van der Waals surface area contributed by atoms with Crippen LogP contribution in [-0.4, -0.2) is 89.3 Å². The van der Waals surface area contributed by atoms with Gasteiger partial charge in [0.25, 0.3) is 5.91 Å². The number of hydrogen-bond donors (Lipinski definition) is 4. The topological polar surface area (TPSA) is 180 Å². The van der Waals surface area contributed by atoms with Gasteiger partial charge in [0.1, 0.15) is 28.4 Å². The predicted octanol–water partition coefficient (Wildman–Crippen LogP) is 2.19. The molecule has 0 aliphatic heterocycles. The quantitative estimate of drug-likeness (QED) is 0.236. The summed E-state index contributed by atoms with van der Waals surface area (Å²) in [6.07, 6.45) is -0.912. The summed E-state index contributed by atoms with van der Waals surface area (Å²) in [6.45, 7) is 6.70. The normalized spacial score (nSPS) is 27.8. The van der Waals surface area contributed by atoms with Crippen LogP contribution in [0.25, 0.3) is 0 Å². The zero-order chi connectivity index (χ0) is 31.0. The third-order valence-electron chi connectivity index (χ3n) is 8.04. The van der Waals surface area contributed by atoms with Crippen molar-refractivity contribution in [3.8, 4) is 5.75 Å². The number of aliphatic hydroxyl groups excluding tert-OH is 2. The summed E-state index contributed by atoms with van der Waals surface area (Å²) in [5.41, 5.74) is 0.769. The molecule has 0 bridgehead atoms. The van der Waals surface area contributed by atoms with Gasteiger partial charge in [0.2, 0.25) is 5.78 Å². The first kappa shape index (κ1) is 30.1. The number of nitrogens with zero attached hydrogens (tertiary/aromatic N) is 2. The second-order valence-corrected chi connectivity index (χ2v) is 12.6. The number of fused-ring (bicyclic) bond motifs is 3. The van der Waals surface area contributed by atoms with Crippen LogP contribution in [0.4, 0.5) is 10.5 Å². The minimum absolute atomic E-state index is 0.0240. The lowest BCUT2D eigenvalue weighted by atomic mass is 9.53. The summed E-state index contributed by atoms with van der Waals surface area (Å²) in [4.78, 5) is 55.9. The summed E-state index contributed by atoms with van der Waals surface area (Å²) in [5, 5.41) is 34.5. The maximum Gasteiger partial charge on any atom is 0.514 e. The van der Waals surface area contributed by atoms with E-state index in [1.165, 1.54) is 11.0 Å². The molecule has 41 heavy (non-hydrogen) atoms. The number of aliphatic hydroxyl groups is 3. The second-order valence-electron chi connectivity index (χ2n) is 12.6. The van der Waals surface area contributed by atoms with Gasteiger partial charge in [0.05, 0.1) is 11.6 Å². The minimum Gasteiger partial charge on any atom is -0.510 e. The largest absolute Gasteiger partial charge is 0.514 e. The zero-order valence-corrected chi connectivity index (χ0v) is 24.5. The van der Waals surface area contributed by atoms with Crippen LogP contribution in [0.2, 0.25) is 0 Å².